The van der Waals surface area contributed by atoms with Crippen LogP contribution in [0.5, 0.6) is 0 Å². The van der Waals surface area contributed by atoms with E-state index >= 15 is 0 Å². The van der Waals surface area contributed by atoms with E-state index in [1.807, 2.05) is 25.1 Å². The Hall–Kier alpha value is -3.12. The lowest BCUT2D eigenvalue weighted by Gasteiger charge is -2.51. The molecule has 6 heteroatoms. The Kier molecular flexibility index (Phi) is 5.05. The monoisotopic (exact) mass is 431 g/mol. The van der Waals surface area contributed by atoms with Crippen molar-refractivity contribution in [1.82, 2.24) is 14.8 Å². The Morgan fingerprint density at radius 3 is 2.62 bits per heavy atom. The van der Waals surface area contributed by atoms with Gasteiger partial charge in [0.15, 0.2) is 5.54 Å². The van der Waals surface area contributed by atoms with Gasteiger partial charge in [0.2, 0.25) is 5.91 Å². The van der Waals surface area contributed by atoms with Crippen molar-refractivity contribution in [3.05, 3.63) is 70.9 Å². The minimum Gasteiger partial charge on any atom is -0.385 e. The molecule has 3 aromatic rings. The number of nitrogens with one attached hydrogen (secondary N) is 1. The molecule has 2 atom stereocenters. The third kappa shape index (κ3) is 3.05. The number of ether oxygens (including phenoxy) is 1. The van der Waals surface area contributed by atoms with Crippen molar-refractivity contribution in [1.29, 1.82) is 0 Å². The fraction of sp³-hybridized carbons (Fsp3) is 0.385. The van der Waals surface area contributed by atoms with E-state index in [0.29, 0.717) is 26.1 Å². The van der Waals surface area contributed by atoms with E-state index in [4.69, 9.17) is 4.74 Å². The molecule has 6 nitrogen and oxygen atoms in total. The molecule has 1 aromatic heterocycles. The van der Waals surface area contributed by atoms with Crippen molar-refractivity contribution in [3.63, 3.8) is 0 Å². The highest BCUT2D eigenvalue weighted by molar-refractivity contribution is 6.01. The molecule has 2 aromatic carbocycles. The Morgan fingerprint density at radius 2 is 1.88 bits per heavy atom. The van der Waals surface area contributed by atoms with E-state index in [2.05, 4.69) is 42.2 Å². The van der Waals surface area contributed by atoms with Gasteiger partial charge in [-0.2, -0.15) is 0 Å². The van der Waals surface area contributed by atoms with E-state index in [9.17, 15) is 9.59 Å². The van der Waals surface area contributed by atoms with Crippen LogP contribution < -0.4 is 0 Å². The largest absolute Gasteiger partial charge is 0.385 e. The lowest BCUT2D eigenvalue weighted by atomic mass is 9.76. The summed E-state index contributed by atoms with van der Waals surface area (Å²) in [5.74, 6) is -0.0269. The molecule has 5 rings (SSSR count). The van der Waals surface area contributed by atoms with Gasteiger partial charge < -0.3 is 19.5 Å². The van der Waals surface area contributed by atoms with E-state index in [1.165, 1.54) is 5.56 Å². The maximum atomic E-state index is 13.8. The third-order valence-electron chi connectivity index (χ3n) is 7.07. The number of fused-ring (bicyclic) bond motifs is 5. The number of H-pyrrole nitrogens is 1. The number of carbonyl (C=O) groups is 2. The average Bonchev–Trinajstić information content (AvgIpc) is 3.19. The van der Waals surface area contributed by atoms with Crippen LogP contribution in [0.2, 0.25) is 0 Å². The molecule has 2 unspecified atom stereocenters. The summed E-state index contributed by atoms with van der Waals surface area (Å²) in [4.78, 5) is 34.2. The molecule has 166 valence electrons. The highest BCUT2D eigenvalue weighted by Crippen LogP contribution is 2.48. The van der Waals surface area contributed by atoms with Crippen molar-refractivity contribution in [2.75, 3.05) is 33.4 Å². The standard InChI is InChI=1S/C26H29N3O3/c1-17-9-11-18(12-10-17)20-15-29-22(30)16-28(13-6-14-32-3)25(31)26(29,2)24-23(20)19-7-4-5-8-21(19)27-24/h4-5,7-12,20,27H,6,13-16H2,1-3H3. The number of methoxy groups -OCH3 is 1. The number of nitrogens with zero attached hydrogens (tertiary/aromatic N) is 2. The second-order valence-corrected chi connectivity index (χ2v) is 9.07. The predicted molar refractivity (Wildman–Crippen MR) is 123 cm³/mol. The van der Waals surface area contributed by atoms with Crippen molar-refractivity contribution >= 4 is 22.7 Å². The van der Waals surface area contributed by atoms with Gasteiger partial charge in [0, 0.05) is 43.6 Å². The van der Waals surface area contributed by atoms with Gasteiger partial charge in [0.05, 0.1) is 12.2 Å². The summed E-state index contributed by atoms with van der Waals surface area (Å²) in [7, 11) is 1.65. The number of hydrogen-bond acceptors (Lipinski definition) is 3. The molecule has 1 fully saturated rings. The first-order valence-corrected chi connectivity index (χ1v) is 11.2. The summed E-state index contributed by atoms with van der Waals surface area (Å²) in [6, 6.07) is 16.7. The number of aromatic nitrogens is 1. The van der Waals surface area contributed by atoms with Crippen molar-refractivity contribution in [3.8, 4) is 0 Å². The molecule has 0 bridgehead atoms. The number of amides is 2. The van der Waals surface area contributed by atoms with Crippen LogP contribution in [-0.4, -0.2) is 59.9 Å². The Labute approximate surface area is 188 Å². The van der Waals surface area contributed by atoms with Crippen LogP contribution in [-0.2, 0) is 19.9 Å². The van der Waals surface area contributed by atoms with Crippen molar-refractivity contribution in [2.24, 2.45) is 0 Å². The van der Waals surface area contributed by atoms with Gasteiger partial charge in [-0.3, -0.25) is 9.59 Å². The topological polar surface area (TPSA) is 65.6 Å². The van der Waals surface area contributed by atoms with Gasteiger partial charge in [0.1, 0.15) is 0 Å². The van der Waals surface area contributed by atoms with E-state index in [0.717, 1.165) is 27.7 Å². The number of piperazine rings is 1. The minimum atomic E-state index is -1.04. The van der Waals surface area contributed by atoms with E-state index < -0.39 is 5.54 Å². The fourth-order valence-electron chi connectivity index (χ4n) is 5.35. The highest BCUT2D eigenvalue weighted by Gasteiger charge is 2.56. The second kappa shape index (κ2) is 7.78. The quantitative estimate of drug-likeness (QED) is 0.629. The molecule has 1 saturated heterocycles. The normalized spacial score (nSPS) is 22.9. The van der Waals surface area contributed by atoms with Crippen LogP contribution in [0, 0.1) is 6.92 Å². The summed E-state index contributed by atoms with van der Waals surface area (Å²) in [6.07, 6.45) is 0.706. The molecule has 2 aliphatic heterocycles. The number of hydrogen-bond donors (Lipinski definition) is 1. The zero-order chi connectivity index (χ0) is 22.5. The summed E-state index contributed by atoms with van der Waals surface area (Å²) >= 11 is 0. The average molecular weight is 432 g/mol. The molecule has 32 heavy (non-hydrogen) atoms. The number of aromatic amines is 1. The van der Waals surface area contributed by atoms with Crippen LogP contribution in [0.4, 0.5) is 0 Å². The SMILES string of the molecule is COCCCN1CC(=O)N2CC(c3ccc(C)cc3)c3c([nH]c4ccccc34)C2(C)C1=O. The summed E-state index contributed by atoms with van der Waals surface area (Å²) in [5, 5.41) is 1.12. The van der Waals surface area contributed by atoms with Crippen LogP contribution in [0.25, 0.3) is 10.9 Å². The first kappa shape index (κ1) is 20.8. The molecule has 0 saturated carbocycles. The molecular formula is C26H29N3O3. The molecule has 2 aliphatic rings. The van der Waals surface area contributed by atoms with Crippen LogP contribution in [0.1, 0.15) is 41.6 Å². The van der Waals surface area contributed by atoms with Crippen molar-refractivity contribution in [2.45, 2.75) is 31.7 Å². The maximum absolute atomic E-state index is 13.8. The second-order valence-electron chi connectivity index (χ2n) is 9.07. The highest BCUT2D eigenvalue weighted by atomic mass is 16.5. The molecule has 0 radical (unpaired) electrons. The first-order valence-electron chi connectivity index (χ1n) is 11.2. The third-order valence-corrected chi connectivity index (χ3v) is 7.07. The Morgan fingerprint density at radius 1 is 1.12 bits per heavy atom. The summed E-state index contributed by atoms with van der Waals surface area (Å²) in [5.41, 5.74) is 4.27. The lowest BCUT2D eigenvalue weighted by molar-refractivity contribution is -0.166. The molecule has 2 amide bonds. The molecule has 0 aliphatic carbocycles. The first-order chi connectivity index (χ1) is 15.4. The zero-order valence-corrected chi connectivity index (χ0v) is 18.9. The van der Waals surface area contributed by atoms with Crippen LogP contribution in [0.15, 0.2) is 48.5 Å². The summed E-state index contributed by atoms with van der Waals surface area (Å²) < 4.78 is 5.15. The van der Waals surface area contributed by atoms with Gasteiger partial charge in [-0.05, 0) is 37.5 Å². The van der Waals surface area contributed by atoms with Gasteiger partial charge in [-0.1, -0.05) is 48.0 Å². The number of carbonyl (C=O) groups excluding carboxylic acids is 2. The van der Waals surface area contributed by atoms with Crippen molar-refractivity contribution < 1.29 is 14.3 Å². The minimum absolute atomic E-state index is 0.00613. The number of aryl methyl sites for hydroxylation is 1. The molecule has 1 N–H and O–H groups in total. The smallest absolute Gasteiger partial charge is 0.254 e. The van der Waals surface area contributed by atoms with Crippen LogP contribution >= 0.6 is 0 Å². The van der Waals surface area contributed by atoms with Gasteiger partial charge in [-0.15, -0.1) is 0 Å². The Bertz CT molecular complexity index is 1180. The number of para-hydroxylation sites is 1. The van der Waals surface area contributed by atoms with E-state index in [1.54, 1.807) is 16.9 Å². The van der Waals surface area contributed by atoms with Gasteiger partial charge >= 0.3 is 0 Å². The Balaban J connectivity index is 1.67. The number of rotatable bonds is 5. The summed E-state index contributed by atoms with van der Waals surface area (Å²) in [6.45, 7) is 5.66. The zero-order valence-electron chi connectivity index (χ0n) is 18.9. The predicted octanol–water partition coefficient (Wildman–Crippen LogP) is 3.54. The fourth-order valence-corrected chi connectivity index (χ4v) is 5.35. The number of benzene rings is 2. The van der Waals surface area contributed by atoms with Gasteiger partial charge in [0.25, 0.3) is 5.91 Å². The maximum Gasteiger partial charge on any atom is 0.254 e. The van der Waals surface area contributed by atoms with Gasteiger partial charge in [-0.25, -0.2) is 0 Å². The molecular weight excluding hydrogens is 402 g/mol. The molecule has 0 spiro atoms. The van der Waals surface area contributed by atoms with Crippen LogP contribution in [0.3, 0.4) is 0 Å². The van der Waals surface area contributed by atoms with E-state index in [-0.39, 0.29) is 24.3 Å². The molecule has 3 heterocycles. The lowest BCUT2D eigenvalue weighted by Crippen LogP contribution is -2.67.